The molecule has 0 unspecified atom stereocenters. The van der Waals surface area contributed by atoms with Crippen LogP contribution < -0.4 is 0 Å². The van der Waals surface area contributed by atoms with Crippen LogP contribution in [0.15, 0.2) is 48.5 Å². The second-order valence-corrected chi connectivity index (χ2v) is 10.2. The number of piperidine rings is 1. The topological polar surface area (TPSA) is 53.1 Å². The molecule has 2 saturated heterocycles. The molecule has 0 spiro atoms. The number of likely N-dealkylation sites (tertiary alicyclic amines) is 1. The Hall–Kier alpha value is -2.83. The van der Waals surface area contributed by atoms with E-state index in [4.69, 9.17) is 4.74 Å². The van der Waals surface area contributed by atoms with Crippen LogP contribution >= 0.6 is 12.4 Å². The van der Waals surface area contributed by atoms with Crippen LogP contribution in [0.4, 0.5) is 26.3 Å². The van der Waals surface area contributed by atoms with Crippen molar-refractivity contribution in [3.05, 3.63) is 70.8 Å². The summed E-state index contributed by atoms with van der Waals surface area (Å²) in [6, 6.07) is 10.7. The fraction of sp³-hybridized carbons (Fsp3) is 0.500. The Morgan fingerprint density at radius 2 is 1.44 bits per heavy atom. The quantitative estimate of drug-likeness (QED) is 0.423. The third-order valence-corrected chi connectivity index (χ3v) is 7.42. The number of carbonyl (C=O) groups is 2. The van der Waals surface area contributed by atoms with Gasteiger partial charge in [0.15, 0.2) is 0 Å². The maximum atomic E-state index is 13.3. The third-order valence-electron chi connectivity index (χ3n) is 7.42. The molecule has 2 aromatic carbocycles. The minimum atomic E-state index is -4.94. The minimum Gasteiger partial charge on any atom is -0.373 e. The van der Waals surface area contributed by atoms with Crippen LogP contribution in [0.2, 0.25) is 0 Å². The van der Waals surface area contributed by atoms with E-state index in [1.165, 1.54) is 6.92 Å². The number of amides is 2. The Morgan fingerprint density at radius 3 is 1.98 bits per heavy atom. The maximum absolute atomic E-state index is 13.3. The number of hydrogen-bond donors (Lipinski definition) is 0. The van der Waals surface area contributed by atoms with E-state index in [1.807, 2.05) is 35.2 Å². The average Bonchev–Trinajstić information content (AvgIpc) is 2.91. The van der Waals surface area contributed by atoms with Gasteiger partial charge in [-0.25, -0.2) is 0 Å². The van der Waals surface area contributed by atoms with Crippen molar-refractivity contribution in [2.75, 3.05) is 45.8 Å². The summed E-state index contributed by atoms with van der Waals surface area (Å²) in [5.41, 5.74) is -2.13. The van der Waals surface area contributed by atoms with Gasteiger partial charge in [0.05, 0.1) is 30.4 Å². The van der Waals surface area contributed by atoms with E-state index in [1.54, 1.807) is 9.80 Å². The lowest BCUT2D eigenvalue weighted by Crippen LogP contribution is -2.53. The molecule has 41 heavy (non-hydrogen) atoms. The van der Waals surface area contributed by atoms with Gasteiger partial charge in [0, 0.05) is 52.1 Å². The van der Waals surface area contributed by atoms with Gasteiger partial charge in [-0.15, -0.1) is 12.4 Å². The van der Waals surface area contributed by atoms with E-state index in [2.05, 4.69) is 0 Å². The number of hydrogen-bond acceptors (Lipinski definition) is 4. The van der Waals surface area contributed by atoms with Gasteiger partial charge in [-0.2, -0.15) is 26.3 Å². The molecule has 6 nitrogen and oxygen atoms in total. The molecule has 2 aliphatic rings. The Morgan fingerprint density at radius 1 is 0.854 bits per heavy atom. The predicted molar refractivity (Wildman–Crippen MR) is 141 cm³/mol. The second-order valence-electron chi connectivity index (χ2n) is 10.2. The maximum Gasteiger partial charge on any atom is 0.416 e. The summed E-state index contributed by atoms with van der Waals surface area (Å²) in [6.45, 7) is 4.20. The summed E-state index contributed by atoms with van der Waals surface area (Å²) in [7, 11) is 0. The molecule has 0 saturated carbocycles. The zero-order valence-electron chi connectivity index (χ0n) is 22.4. The van der Waals surface area contributed by atoms with Crippen molar-refractivity contribution < 1.29 is 40.7 Å². The van der Waals surface area contributed by atoms with Crippen molar-refractivity contribution in [1.82, 2.24) is 14.7 Å². The number of alkyl halides is 6. The summed E-state index contributed by atoms with van der Waals surface area (Å²) >= 11 is 0. The van der Waals surface area contributed by atoms with Crippen LogP contribution in [0.3, 0.4) is 0 Å². The Balaban J connectivity index is 0.00000462. The number of halogens is 7. The fourth-order valence-electron chi connectivity index (χ4n) is 5.19. The van der Waals surface area contributed by atoms with Gasteiger partial charge >= 0.3 is 12.4 Å². The first-order valence-electron chi connectivity index (χ1n) is 13.0. The lowest BCUT2D eigenvalue weighted by molar-refractivity contribution is -0.143. The fourth-order valence-corrected chi connectivity index (χ4v) is 5.19. The van der Waals surface area contributed by atoms with E-state index < -0.39 is 36.2 Å². The highest BCUT2D eigenvalue weighted by Gasteiger charge is 2.38. The molecule has 2 aromatic rings. The number of carbonyl (C=O) groups excluding carboxylic acids is 2. The molecular formula is C28H32ClF6N3O3. The van der Waals surface area contributed by atoms with Crippen molar-refractivity contribution in [3.8, 4) is 0 Å². The van der Waals surface area contributed by atoms with Gasteiger partial charge in [-0.3, -0.25) is 14.5 Å². The van der Waals surface area contributed by atoms with Crippen LogP contribution in [0.1, 0.15) is 41.5 Å². The SMILES string of the molecule is CC(=O)N1CCN(CC(=O)N2CC[C@@H](OCc3cc(C(F)(F)F)cc(C(F)(F)F)c3)[C@@H](c3ccccc3)C2)CC1.Cl. The van der Waals surface area contributed by atoms with E-state index in [0.29, 0.717) is 57.8 Å². The van der Waals surface area contributed by atoms with Crippen molar-refractivity contribution >= 4 is 24.2 Å². The summed E-state index contributed by atoms with van der Waals surface area (Å²) in [5.74, 6) is -0.400. The van der Waals surface area contributed by atoms with Crippen LogP contribution in [0, 0.1) is 0 Å². The summed E-state index contributed by atoms with van der Waals surface area (Å²) in [6.07, 6.45) is -10.0. The van der Waals surface area contributed by atoms with Gasteiger partial charge in [-0.05, 0) is 35.7 Å². The lowest BCUT2D eigenvalue weighted by Gasteiger charge is -2.40. The Labute approximate surface area is 240 Å². The number of ether oxygens (including phenoxy) is 1. The number of benzene rings is 2. The molecule has 2 amide bonds. The molecule has 0 aliphatic carbocycles. The highest BCUT2D eigenvalue weighted by Crippen LogP contribution is 2.37. The third kappa shape index (κ3) is 8.59. The van der Waals surface area contributed by atoms with Crippen molar-refractivity contribution in [1.29, 1.82) is 0 Å². The monoisotopic (exact) mass is 607 g/mol. The van der Waals surface area contributed by atoms with Crippen LogP contribution in [0.25, 0.3) is 0 Å². The second kappa shape index (κ2) is 13.4. The van der Waals surface area contributed by atoms with Gasteiger partial charge < -0.3 is 14.5 Å². The molecule has 2 atom stereocenters. The molecule has 0 bridgehead atoms. The van der Waals surface area contributed by atoms with Crippen molar-refractivity contribution in [2.24, 2.45) is 0 Å². The van der Waals surface area contributed by atoms with Gasteiger partial charge in [0.2, 0.25) is 11.8 Å². The first-order valence-corrected chi connectivity index (χ1v) is 13.0. The Kier molecular flexibility index (Phi) is 10.7. The van der Waals surface area contributed by atoms with Crippen LogP contribution in [0.5, 0.6) is 0 Å². The zero-order valence-corrected chi connectivity index (χ0v) is 23.2. The molecule has 4 rings (SSSR count). The minimum absolute atomic E-state index is 0. The smallest absolute Gasteiger partial charge is 0.373 e. The number of piperazine rings is 1. The first kappa shape index (κ1) is 32.7. The largest absolute Gasteiger partial charge is 0.416 e. The first-order chi connectivity index (χ1) is 18.8. The van der Waals surface area contributed by atoms with E-state index in [-0.39, 0.29) is 48.3 Å². The van der Waals surface area contributed by atoms with Crippen LogP contribution in [-0.4, -0.2) is 78.4 Å². The van der Waals surface area contributed by atoms with Crippen LogP contribution in [-0.2, 0) is 33.3 Å². The molecular weight excluding hydrogens is 576 g/mol. The van der Waals surface area contributed by atoms with E-state index in [0.717, 1.165) is 5.56 Å². The Bertz CT molecular complexity index is 1150. The molecule has 13 heteroatoms. The standard InChI is InChI=1S/C28H31F6N3O3.ClH/c1-19(38)36-11-9-35(10-12-36)17-26(39)37-8-7-25(24(16-37)21-5-3-2-4-6-21)40-18-20-13-22(27(29,30)31)15-23(14-20)28(32,33)34;/h2-6,13-15,24-25H,7-12,16-18H2,1H3;1H/t24-,25-;/m1./s1. The predicted octanol–water partition coefficient (Wildman–Crippen LogP) is 5.21. The number of nitrogens with zero attached hydrogens (tertiary/aromatic N) is 3. The summed E-state index contributed by atoms with van der Waals surface area (Å²) in [4.78, 5) is 30.2. The normalized spacial score (nSPS) is 20.5. The molecule has 0 radical (unpaired) electrons. The van der Waals surface area contributed by atoms with E-state index in [9.17, 15) is 35.9 Å². The molecule has 2 aliphatic heterocycles. The van der Waals surface area contributed by atoms with Crippen molar-refractivity contribution in [3.63, 3.8) is 0 Å². The average molecular weight is 608 g/mol. The van der Waals surface area contributed by atoms with Gasteiger partial charge in [0.1, 0.15) is 0 Å². The van der Waals surface area contributed by atoms with Crippen molar-refractivity contribution in [2.45, 2.75) is 44.3 Å². The van der Waals surface area contributed by atoms with E-state index >= 15 is 0 Å². The highest BCUT2D eigenvalue weighted by atomic mass is 35.5. The lowest BCUT2D eigenvalue weighted by atomic mass is 9.87. The molecule has 0 N–H and O–H groups in total. The van der Waals surface area contributed by atoms with Gasteiger partial charge in [0.25, 0.3) is 0 Å². The molecule has 226 valence electrons. The summed E-state index contributed by atoms with van der Waals surface area (Å²) in [5, 5.41) is 0. The molecule has 2 fully saturated rings. The summed E-state index contributed by atoms with van der Waals surface area (Å²) < 4.78 is 85.7. The zero-order chi connectivity index (χ0) is 29.1. The number of rotatable bonds is 6. The highest BCUT2D eigenvalue weighted by molar-refractivity contribution is 5.85. The molecule has 2 heterocycles. The van der Waals surface area contributed by atoms with Gasteiger partial charge in [-0.1, -0.05) is 30.3 Å². The molecule has 0 aromatic heterocycles.